The summed E-state index contributed by atoms with van der Waals surface area (Å²) in [7, 11) is 0. The second-order valence-electron chi connectivity index (χ2n) is 4.86. The number of amides is 1. The smallest absolute Gasteiger partial charge is 0.247 e. The molecule has 102 valence electrons. The van der Waals surface area contributed by atoms with Crippen molar-refractivity contribution in [2.24, 2.45) is 0 Å². The predicted octanol–water partition coefficient (Wildman–Crippen LogP) is 3.25. The number of hydrogen-bond donors (Lipinski definition) is 1. The molecule has 1 aliphatic rings. The minimum atomic E-state index is -0.326. The van der Waals surface area contributed by atoms with Gasteiger partial charge in [0.1, 0.15) is 5.82 Å². The van der Waals surface area contributed by atoms with Gasteiger partial charge in [0.2, 0.25) is 5.91 Å². The van der Waals surface area contributed by atoms with E-state index in [0.717, 1.165) is 31.5 Å². The molecule has 1 amide bonds. The monoisotopic (exact) mass is 262 g/mol. The van der Waals surface area contributed by atoms with Gasteiger partial charge in [-0.05, 0) is 50.0 Å². The maximum atomic E-state index is 14.2. The minimum absolute atomic E-state index is 0.285. The van der Waals surface area contributed by atoms with Crippen molar-refractivity contribution in [1.29, 1.82) is 0 Å². The Bertz CT molecular complexity index is 493. The molecule has 1 fully saturated rings. The second kappa shape index (κ2) is 5.87. The molecule has 0 spiro atoms. The zero-order valence-electron chi connectivity index (χ0n) is 11.2. The fourth-order valence-corrected chi connectivity index (χ4v) is 2.36. The summed E-state index contributed by atoms with van der Waals surface area (Å²) in [4.78, 5) is 13.3. The lowest BCUT2D eigenvalue weighted by atomic mass is 10.1. The minimum Gasteiger partial charge on any atom is -0.369 e. The SMILES string of the molecule is C=CC(=O)Nc1cc(F)c(N2CCCCC2)cc1C. The molecule has 0 unspecified atom stereocenters. The molecule has 3 nitrogen and oxygen atoms in total. The number of aryl methyl sites for hydroxylation is 1. The van der Waals surface area contributed by atoms with E-state index in [1.807, 2.05) is 6.92 Å². The van der Waals surface area contributed by atoms with E-state index in [1.165, 1.54) is 18.6 Å². The van der Waals surface area contributed by atoms with Crippen LogP contribution in [-0.4, -0.2) is 19.0 Å². The summed E-state index contributed by atoms with van der Waals surface area (Å²) in [5.41, 5.74) is 1.99. The molecule has 0 aromatic heterocycles. The molecule has 4 heteroatoms. The summed E-state index contributed by atoms with van der Waals surface area (Å²) < 4.78 is 14.2. The van der Waals surface area contributed by atoms with Gasteiger partial charge >= 0.3 is 0 Å². The third-order valence-electron chi connectivity index (χ3n) is 3.43. The normalized spacial score (nSPS) is 15.2. The van der Waals surface area contributed by atoms with E-state index in [9.17, 15) is 9.18 Å². The van der Waals surface area contributed by atoms with E-state index in [0.29, 0.717) is 11.4 Å². The number of rotatable bonds is 3. The molecule has 2 rings (SSSR count). The van der Waals surface area contributed by atoms with Gasteiger partial charge in [-0.1, -0.05) is 6.58 Å². The van der Waals surface area contributed by atoms with Crippen LogP contribution in [0.2, 0.25) is 0 Å². The summed E-state index contributed by atoms with van der Waals surface area (Å²) in [6, 6.07) is 3.19. The highest BCUT2D eigenvalue weighted by molar-refractivity contribution is 5.99. The zero-order valence-corrected chi connectivity index (χ0v) is 11.2. The summed E-state index contributed by atoms with van der Waals surface area (Å²) in [6.07, 6.45) is 4.60. The van der Waals surface area contributed by atoms with Gasteiger partial charge in [-0.25, -0.2) is 4.39 Å². The molecule has 1 N–H and O–H groups in total. The quantitative estimate of drug-likeness (QED) is 0.848. The number of piperidine rings is 1. The fraction of sp³-hybridized carbons (Fsp3) is 0.400. The van der Waals surface area contributed by atoms with E-state index >= 15 is 0 Å². The first kappa shape index (κ1) is 13.6. The van der Waals surface area contributed by atoms with Gasteiger partial charge in [-0.15, -0.1) is 0 Å². The van der Waals surface area contributed by atoms with Crippen molar-refractivity contribution in [2.75, 3.05) is 23.3 Å². The van der Waals surface area contributed by atoms with Crippen LogP contribution in [0.3, 0.4) is 0 Å². The molecule has 19 heavy (non-hydrogen) atoms. The highest BCUT2D eigenvalue weighted by atomic mass is 19.1. The topological polar surface area (TPSA) is 32.3 Å². The third kappa shape index (κ3) is 3.13. The molecule has 1 aliphatic heterocycles. The van der Waals surface area contributed by atoms with Crippen molar-refractivity contribution in [2.45, 2.75) is 26.2 Å². The maximum Gasteiger partial charge on any atom is 0.247 e. The van der Waals surface area contributed by atoms with Crippen LogP contribution in [0.5, 0.6) is 0 Å². The molecule has 0 aliphatic carbocycles. The summed E-state index contributed by atoms with van der Waals surface area (Å²) in [6.45, 7) is 7.05. The Kier molecular flexibility index (Phi) is 4.20. The van der Waals surface area contributed by atoms with E-state index in [-0.39, 0.29) is 11.7 Å². The number of nitrogens with zero attached hydrogens (tertiary/aromatic N) is 1. The number of halogens is 1. The predicted molar refractivity (Wildman–Crippen MR) is 76.0 cm³/mol. The van der Waals surface area contributed by atoms with Crippen molar-refractivity contribution in [3.63, 3.8) is 0 Å². The Morgan fingerprint density at radius 3 is 2.68 bits per heavy atom. The van der Waals surface area contributed by atoms with Crippen LogP contribution in [0.1, 0.15) is 24.8 Å². The average molecular weight is 262 g/mol. The van der Waals surface area contributed by atoms with Gasteiger partial charge in [0, 0.05) is 18.8 Å². The summed E-state index contributed by atoms with van der Waals surface area (Å²) in [5.74, 6) is -0.611. The molecule has 1 heterocycles. The van der Waals surface area contributed by atoms with E-state index < -0.39 is 0 Å². The van der Waals surface area contributed by atoms with Crippen LogP contribution >= 0.6 is 0 Å². The van der Waals surface area contributed by atoms with Crippen LogP contribution in [0.4, 0.5) is 15.8 Å². The number of benzene rings is 1. The number of hydrogen-bond acceptors (Lipinski definition) is 2. The highest BCUT2D eigenvalue weighted by Crippen LogP contribution is 2.28. The second-order valence-corrected chi connectivity index (χ2v) is 4.86. The van der Waals surface area contributed by atoms with Crippen LogP contribution in [0.25, 0.3) is 0 Å². The zero-order chi connectivity index (χ0) is 13.8. The molecule has 1 aromatic rings. The summed E-state index contributed by atoms with van der Waals surface area (Å²) in [5, 5.41) is 2.62. The lowest BCUT2D eigenvalue weighted by Crippen LogP contribution is -2.30. The molecular formula is C15H19FN2O. The standard InChI is InChI=1S/C15H19FN2O/c1-3-15(19)17-13-10-12(16)14(9-11(13)2)18-7-5-4-6-8-18/h3,9-10H,1,4-8H2,2H3,(H,17,19). The van der Waals surface area contributed by atoms with Crippen LogP contribution < -0.4 is 10.2 Å². The van der Waals surface area contributed by atoms with Gasteiger partial charge in [0.05, 0.1) is 5.69 Å². The Morgan fingerprint density at radius 2 is 2.05 bits per heavy atom. The van der Waals surface area contributed by atoms with Crippen molar-refractivity contribution >= 4 is 17.3 Å². The van der Waals surface area contributed by atoms with E-state index in [4.69, 9.17) is 0 Å². The van der Waals surface area contributed by atoms with Crippen molar-refractivity contribution in [3.05, 3.63) is 36.2 Å². The first-order valence-corrected chi connectivity index (χ1v) is 6.60. The van der Waals surface area contributed by atoms with Gasteiger partial charge in [-0.2, -0.15) is 0 Å². The Balaban J connectivity index is 2.25. The maximum absolute atomic E-state index is 14.2. The Hall–Kier alpha value is -1.84. The van der Waals surface area contributed by atoms with Crippen molar-refractivity contribution in [3.8, 4) is 0 Å². The largest absolute Gasteiger partial charge is 0.369 e. The van der Waals surface area contributed by atoms with E-state index in [1.54, 1.807) is 6.07 Å². The van der Waals surface area contributed by atoms with Crippen LogP contribution in [0, 0.1) is 12.7 Å². The van der Waals surface area contributed by atoms with E-state index in [2.05, 4.69) is 16.8 Å². The van der Waals surface area contributed by atoms with Gasteiger partial charge in [-0.3, -0.25) is 4.79 Å². The van der Waals surface area contributed by atoms with Crippen molar-refractivity contribution in [1.82, 2.24) is 0 Å². The average Bonchev–Trinajstić information content (AvgIpc) is 2.43. The number of nitrogens with one attached hydrogen (secondary N) is 1. The molecule has 1 saturated heterocycles. The van der Waals surface area contributed by atoms with Gasteiger partial charge in [0.25, 0.3) is 0 Å². The van der Waals surface area contributed by atoms with Crippen LogP contribution in [0.15, 0.2) is 24.8 Å². The lowest BCUT2D eigenvalue weighted by molar-refractivity contribution is -0.111. The first-order valence-electron chi connectivity index (χ1n) is 6.60. The number of anilines is 2. The molecule has 0 saturated carbocycles. The van der Waals surface area contributed by atoms with Gasteiger partial charge < -0.3 is 10.2 Å². The summed E-state index contributed by atoms with van der Waals surface area (Å²) >= 11 is 0. The molecular weight excluding hydrogens is 243 g/mol. The first-order chi connectivity index (χ1) is 9.11. The molecule has 1 aromatic carbocycles. The third-order valence-corrected chi connectivity index (χ3v) is 3.43. The van der Waals surface area contributed by atoms with Crippen LogP contribution in [-0.2, 0) is 4.79 Å². The number of carbonyl (C=O) groups is 1. The van der Waals surface area contributed by atoms with Crippen molar-refractivity contribution < 1.29 is 9.18 Å². The number of carbonyl (C=O) groups excluding carboxylic acids is 1. The molecule has 0 radical (unpaired) electrons. The molecule has 0 atom stereocenters. The molecule has 0 bridgehead atoms. The highest BCUT2D eigenvalue weighted by Gasteiger charge is 2.16. The fourth-order valence-electron chi connectivity index (χ4n) is 2.36. The Labute approximate surface area is 113 Å². The lowest BCUT2D eigenvalue weighted by Gasteiger charge is -2.29. The Morgan fingerprint density at radius 1 is 1.37 bits per heavy atom. The van der Waals surface area contributed by atoms with Gasteiger partial charge in [0.15, 0.2) is 0 Å².